The smallest absolute Gasteiger partial charge is 0.253 e. The van der Waals surface area contributed by atoms with Crippen molar-refractivity contribution in [2.45, 2.75) is 24.9 Å². The van der Waals surface area contributed by atoms with Gasteiger partial charge in [0.05, 0.1) is 10.6 Å². The summed E-state index contributed by atoms with van der Waals surface area (Å²) < 4.78 is 0. The fourth-order valence-electron chi connectivity index (χ4n) is 1.11. The van der Waals surface area contributed by atoms with Crippen LogP contribution in [0.3, 0.4) is 0 Å². The van der Waals surface area contributed by atoms with Gasteiger partial charge in [0.2, 0.25) is 0 Å². The number of hydrogen-bond acceptors (Lipinski definition) is 4. The number of pyridine rings is 1. The third-order valence-corrected chi connectivity index (χ3v) is 2.76. The molecular formula is C11H17N3OS. The molecule has 0 unspecified atom stereocenters. The van der Waals surface area contributed by atoms with Gasteiger partial charge < -0.3 is 11.1 Å². The molecule has 3 N–H and O–H groups in total. The number of carbonyl (C=O) groups excluding carboxylic acids is 1. The molecule has 0 aliphatic carbocycles. The summed E-state index contributed by atoms with van der Waals surface area (Å²) in [5.74, 6) is 0.753. The molecular weight excluding hydrogens is 222 g/mol. The van der Waals surface area contributed by atoms with Crippen LogP contribution < -0.4 is 11.1 Å². The summed E-state index contributed by atoms with van der Waals surface area (Å²) in [6.07, 6.45) is 1.59. The molecule has 0 atom stereocenters. The Bertz CT molecular complexity index is 338. The maximum atomic E-state index is 11.6. The topological polar surface area (TPSA) is 68.0 Å². The molecule has 0 aliphatic heterocycles. The monoisotopic (exact) mass is 239 g/mol. The van der Waals surface area contributed by atoms with Crippen molar-refractivity contribution >= 4 is 17.7 Å². The Morgan fingerprint density at radius 2 is 2.31 bits per heavy atom. The highest BCUT2D eigenvalue weighted by Crippen LogP contribution is 2.14. The second kappa shape index (κ2) is 6.50. The second-order valence-electron chi connectivity index (χ2n) is 3.65. The lowest BCUT2D eigenvalue weighted by molar-refractivity contribution is 0.0942. The van der Waals surface area contributed by atoms with Gasteiger partial charge in [-0.2, -0.15) is 0 Å². The molecule has 0 spiro atoms. The molecule has 4 nitrogen and oxygen atoms in total. The minimum atomic E-state index is -0.0853. The van der Waals surface area contributed by atoms with Crippen LogP contribution in [0, 0.1) is 0 Å². The highest BCUT2D eigenvalue weighted by atomic mass is 32.2. The summed E-state index contributed by atoms with van der Waals surface area (Å²) in [4.78, 5) is 15.8. The predicted molar refractivity (Wildman–Crippen MR) is 66.6 cm³/mol. The number of nitrogens with zero attached hydrogens (tertiary/aromatic N) is 1. The number of amides is 1. The fourth-order valence-corrected chi connectivity index (χ4v) is 1.73. The summed E-state index contributed by atoms with van der Waals surface area (Å²) in [5, 5.41) is 3.71. The van der Waals surface area contributed by atoms with E-state index in [0.717, 1.165) is 10.8 Å². The number of nitrogens with two attached hydrogens (primary N) is 1. The van der Waals surface area contributed by atoms with Crippen LogP contribution in [0.1, 0.15) is 24.2 Å². The van der Waals surface area contributed by atoms with Gasteiger partial charge in [0.15, 0.2) is 0 Å². The van der Waals surface area contributed by atoms with Crippen molar-refractivity contribution in [1.29, 1.82) is 0 Å². The second-order valence-corrected chi connectivity index (χ2v) is 4.77. The van der Waals surface area contributed by atoms with E-state index in [1.807, 2.05) is 19.9 Å². The Hall–Kier alpha value is -1.07. The van der Waals surface area contributed by atoms with Crippen molar-refractivity contribution in [3.8, 4) is 0 Å². The average Bonchev–Trinajstić information content (AvgIpc) is 2.26. The highest BCUT2D eigenvalue weighted by Gasteiger charge is 2.07. The van der Waals surface area contributed by atoms with Crippen LogP contribution in [0.25, 0.3) is 0 Å². The molecule has 88 valence electrons. The van der Waals surface area contributed by atoms with E-state index < -0.39 is 0 Å². The summed E-state index contributed by atoms with van der Waals surface area (Å²) in [5.41, 5.74) is 5.99. The first-order chi connectivity index (χ1) is 7.63. The van der Waals surface area contributed by atoms with Crippen LogP contribution in [0.15, 0.2) is 23.4 Å². The van der Waals surface area contributed by atoms with Crippen molar-refractivity contribution in [3.63, 3.8) is 0 Å². The average molecular weight is 239 g/mol. The van der Waals surface area contributed by atoms with Crippen LogP contribution >= 0.6 is 11.8 Å². The summed E-state index contributed by atoms with van der Waals surface area (Å²) in [6.45, 7) is 4.48. The number of aromatic nitrogens is 1. The molecule has 0 saturated carbocycles. The minimum Gasteiger partial charge on any atom is -0.350 e. The summed E-state index contributed by atoms with van der Waals surface area (Å²) in [7, 11) is 0. The van der Waals surface area contributed by atoms with Gasteiger partial charge in [-0.15, -0.1) is 11.8 Å². The van der Waals surface area contributed by atoms with Crippen LogP contribution in [-0.2, 0) is 0 Å². The lowest BCUT2D eigenvalue weighted by Gasteiger charge is -2.08. The molecule has 16 heavy (non-hydrogen) atoms. The van der Waals surface area contributed by atoms with Crippen molar-refractivity contribution in [1.82, 2.24) is 10.3 Å². The van der Waals surface area contributed by atoms with E-state index in [1.54, 1.807) is 24.0 Å². The number of thioether (sulfide) groups is 1. The molecule has 0 aromatic carbocycles. The van der Waals surface area contributed by atoms with E-state index in [1.165, 1.54) is 0 Å². The molecule has 1 amide bonds. The molecule has 0 radical (unpaired) electrons. The lowest BCUT2D eigenvalue weighted by Crippen LogP contribution is -2.30. The van der Waals surface area contributed by atoms with E-state index in [4.69, 9.17) is 5.73 Å². The van der Waals surface area contributed by atoms with Crippen LogP contribution in [0.5, 0.6) is 0 Å². The molecule has 1 rings (SSSR count). The zero-order chi connectivity index (χ0) is 12.0. The third-order valence-electron chi connectivity index (χ3n) is 1.79. The Morgan fingerprint density at radius 3 is 2.81 bits per heavy atom. The van der Waals surface area contributed by atoms with Crippen LogP contribution in [-0.4, -0.2) is 29.2 Å². The molecule has 1 aromatic heterocycles. The number of hydrogen-bond donors (Lipinski definition) is 2. The Kier molecular flexibility index (Phi) is 5.28. The normalized spacial score (nSPS) is 10.5. The number of carbonyl (C=O) groups is 1. The Balaban J connectivity index is 2.60. The third kappa shape index (κ3) is 4.20. The number of nitrogens with one attached hydrogen (secondary N) is 1. The fraction of sp³-hybridized carbons (Fsp3) is 0.455. The van der Waals surface area contributed by atoms with Gasteiger partial charge in [0.25, 0.3) is 5.91 Å². The first-order valence-electron chi connectivity index (χ1n) is 5.23. The van der Waals surface area contributed by atoms with Crippen molar-refractivity contribution < 1.29 is 4.79 Å². The van der Waals surface area contributed by atoms with E-state index in [2.05, 4.69) is 10.3 Å². The van der Waals surface area contributed by atoms with Gasteiger partial charge in [-0.05, 0) is 26.0 Å². The van der Waals surface area contributed by atoms with Crippen molar-refractivity contribution in [2.75, 3.05) is 12.3 Å². The first kappa shape index (κ1) is 13.0. The molecule has 1 aromatic rings. The SMILES string of the molecule is CC(C)NC(=O)c1ccc(SCCN)nc1. The molecule has 1 heterocycles. The molecule has 0 saturated heterocycles. The molecule has 0 bridgehead atoms. The number of rotatable bonds is 5. The van der Waals surface area contributed by atoms with Gasteiger partial charge in [-0.3, -0.25) is 4.79 Å². The molecule has 0 aliphatic rings. The van der Waals surface area contributed by atoms with E-state index in [0.29, 0.717) is 12.1 Å². The maximum absolute atomic E-state index is 11.6. The standard InChI is InChI=1S/C11H17N3OS/c1-8(2)14-11(15)9-3-4-10(13-7-9)16-6-5-12/h3-4,7-8H,5-6,12H2,1-2H3,(H,14,15). The predicted octanol–water partition coefficient (Wildman–Crippen LogP) is 1.27. The maximum Gasteiger partial charge on any atom is 0.253 e. The molecule has 0 fully saturated rings. The van der Waals surface area contributed by atoms with E-state index >= 15 is 0 Å². The molecule has 5 heteroatoms. The van der Waals surface area contributed by atoms with Gasteiger partial charge >= 0.3 is 0 Å². The van der Waals surface area contributed by atoms with Crippen molar-refractivity contribution in [2.24, 2.45) is 5.73 Å². The van der Waals surface area contributed by atoms with Crippen LogP contribution in [0.2, 0.25) is 0 Å². The Morgan fingerprint density at radius 1 is 1.56 bits per heavy atom. The zero-order valence-electron chi connectivity index (χ0n) is 9.56. The summed E-state index contributed by atoms with van der Waals surface area (Å²) in [6, 6.07) is 3.76. The van der Waals surface area contributed by atoms with Gasteiger partial charge in [-0.1, -0.05) is 0 Å². The van der Waals surface area contributed by atoms with E-state index in [-0.39, 0.29) is 11.9 Å². The largest absolute Gasteiger partial charge is 0.350 e. The summed E-state index contributed by atoms with van der Waals surface area (Å²) >= 11 is 1.59. The zero-order valence-corrected chi connectivity index (χ0v) is 10.4. The lowest BCUT2D eigenvalue weighted by atomic mass is 10.2. The Labute approximate surface area is 100 Å². The highest BCUT2D eigenvalue weighted by molar-refractivity contribution is 7.99. The van der Waals surface area contributed by atoms with Gasteiger partial charge in [0, 0.05) is 24.5 Å². The quantitative estimate of drug-likeness (QED) is 0.759. The van der Waals surface area contributed by atoms with E-state index in [9.17, 15) is 4.79 Å². The minimum absolute atomic E-state index is 0.0853. The van der Waals surface area contributed by atoms with Gasteiger partial charge in [-0.25, -0.2) is 4.98 Å². The van der Waals surface area contributed by atoms with Gasteiger partial charge in [0.1, 0.15) is 0 Å². The first-order valence-corrected chi connectivity index (χ1v) is 6.22. The van der Waals surface area contributed by atoms with Crippen LogP contribution in [0.4, 0.5) is 0 Å². The van der Waals surface area contributed by atoms with Crippen molar-refractivity contribution in [3.05, 3.63) is 23.9 Å².